The zero-order valence-corrected chi connectivity index (χ0v) is 16.8. The molecule has 0 fully saturated rings. The van der Waals surface area contributed by atoms with E-state index in [1.165, 1.54) is 42.9 Å². The Morgan fingerprint density at radius 2 is 2.03 bits per heavy atom. The van der Waals surface area contributed by atoms with Gasteiger partial charge >= 0.3 is 5.97 Å². The van der Waals surface area contributed by atoms with Crippen molar-refractivity contribution < 1.29 is 14.3 Å². The predicted molar refractivity (Wildman–Crippen MR) is 112 cm³/mol. The van der Waals surface area contributed by atoms with Crippen LogP contribution in [0.1, 0.15) is 10.4 Å². The first-order valence-corrected chi connectivity index (χ1v) is 10.3. The summed E-state index contributed by atoms with van der Waals surface area (Å²) in [6.45, 7) is 0. The number of carbonyl (C=O) groups excluding carboxylic acids is 2. The van der Waals surface area contributed by atoms with Gasteiger partial charge in [-0.3, -0.25) is 4.79 Å². The number of aromatic nitrogens is 4. The highest BCUT2D eigenvalue weighted by Crippen LogP contribution is 2.36. The minimum Gasteiger partial charge on any atom is -0.465 e. The van der Waals surface area contributed by atoms with E-state index in [9.17, 15) is 9.59 Å². The highest BCUT2D eigenvalue weighted by molar-refractivity contribution is 8.00. The number of nitrogens with one attached hydrogen (secondary N) is 2. The maximum Gasteiger partial charge on any atom is 0.340 e. The molecule has 0 atom stereocenters. The van der Waals surface area contributed by atoms with Crippen LogP contribution in [0.5, 0.6) is 0 Å². The van der Waals surface area contributed by atoms with E-state index in [2.05, 4.69) is 25.3 Å². The van der Waals surface area contributed by atoms with Crippen LogP contribution in [0.15, 0.2) is 54.1 Å². The summed E-state index contributed by atoms with van der Waals surface area (Å²) in [5.41, 5.74) is 2.51. The number of esters is 1. The fourth-order valence-electron chi connectivity index (χ4n) is 2.64. The molecule has 0 saturated carbocycles. The fraction of sp³-hybridized carbons (Fsp3) is 0.105. The molecule has 10 heteroatoms. The maximum atomic E-state index is 12.5. The number of benzene rings is 1. The summed E-state index contributed by atoms with van der Waals surface area (Å²) in [6.07, 6.45) is 2.94. The van der Waals surface area contributed by atoms with Crippen molar-refractivity contribution in [3.8, 4) is 10.4 Å². The number of fused-ring (bicyclic) bond motifs is 1. The van der Waals surface area contributed by atoms with Crippen LogP contribution in [-0.2, 0) is 9.53 Å². The van der Waals surface area contributed by atoms with Gasteiger partial charge in [0.25, 0.3) is 0 Å². The lowest BCUT2D eigenvalue weighted by Crippen LogP contribution is -2.15. The second-order valence-electron chi connectivity index (χ2n) is 5.83. The molecular weight excluding hydrogens is 410 g/mol. The molecule has 2 N–H and O–H groups in total. The number of ether oxygens (including phenoxy) is 1. The molecule has 3 heterocycles. The van der Waals surface area contributed by atoms with E-state index in [-0.39, 0.29) is 11.7 Å². The van der Waals surface area contributed by atoms with Crippen LogP contribution in [0.3, 0.4) is 0 Å². The van der Waals surface area contributed by atoms with Gasteiger partial charge in [-0.25, -0.2) is 19.7 Å². The van der Waals surface area contributed by atoms with Gasteiger partial charge in [-0.1, -0.05) is 42.1 Å². The van der Waals surface area contributed by atoms with Crippen LogP contribution in [0.25, 0.3) is 21.6 Å². The second-order valence-corrected chi connectivity index (χ2v) is 7.84. The number of nitrogens with zero attached hydrogens (tertiary/aromatic N) is 3. The molecule has 146 valence electrons. The zero-order valence-electron chi connectivity index (χ0n) is 15.2. The first-order valence-electron chi connectivity index (χ1n) is 8.50. The molecule has 4 rings (SSSR count). The number of hydrogen-bond donors (Lipinski definition) is 2. The van der Waals surface area contributed by atoms with E-state index in [0.717, 1.165) is 10.4 Å². The van der Waals surface area contributed by atoms with Crippen molar-refractivity contribution in [3.63, 3.8) is 0 Å². The van der Waals surface area contributed by atoms with Gasteiger partial charge < -0.3 is 15.0 Å². The molecule has 29 heavy (non-hydrogen) atoms. The number of hydrogen-bond acceptors (Lipinski definition) is 8. The standard InChI is InChI=1S/C19H15N5O3S2/c1-27-19(26)12-7-13(11-5-3-2-4-6-11)29-17(12)24-14(25)8-28-18-15-16(21-9-20-15)22-10-23-18/h2-7,9-10H,8H2,1H3,(H,24,25)(H,20,21,22,23). The number of methoxy groups -OCH3 is 1. The van der Waals surface area contributed by atoms with Gasteiger partial charge in [-0.05, 0) is 11.6 Å². The third-order valence-corrected chi connectivity index (χ3v) is 6.07. The lowest BCUT2D eigenvalue weighted by molar-refractivity contribution is -0.113. The van der Waals surface area contributed by atoms with Crippen molar-refractivity contribution in [1.29, 1.82) is 0 Å². The van der Waals surface area contributed by atoms with Crippen LogP contribution < -0.4 is 5.32 Å². The van der Waals surface area contributed by atoms with Gasteiger partial charge in [0.1, 0.15) is 21.9 Å². The number of anilines is 1. The highest BCUT2D eigenvalue weighted by atomic mass is 32.2. The number of thioether (sulfide) groups is 1. The van der Waals surface area contributed by atoms with Crippen molar-refractivity contribution in [1.82, 2.24) is 19.9 Å². The molecule has 1 amide bonds. The Bertz CT molecular complexity index is 1170. The molecule has 0 saturated heterocycles. The Kier molecular flexibility index (Phi) is 5.54. The molecular formula is C19H15N5O3S2. The van der Waals surface area contributed by atoms with E-state index in [0.29, 0.717) is 26.8 Å². The number of rotatable bonds is 6. The third-order valence-electron chi connectivity index (χ3n) is 3.98. The van der Waals surface area contributed by atoms with Crippen molar-refractivity contribution in [2.45, 2.75) is 5.03 Å². The summed E-state index contributed by atoms with van der Waals surface area (Å²) < 4.78 is 4.86. The molecule has 0 bridgehead atoms. The van der Waals surface area contributed by atoms with E-state index >= 15 is 0 Å². The fourth-order valence-corrected chi connectivity index (χ4v) is 4.46. The van der Waals surface area contributed by atoms with E-state index < -0.39 is 5.97 Å². The Morgan fingerprint density at radius 3 is 2.83 bits per heavy atom. The molecule has 0 aliphatic carbocycles. The first kappa shape index (κ1) is 19.1. The average Bonchev–Trinajstić information content (AvgIpc) is 3.40. The van der Waals surface area contributed by atoms with E-state index in [1.807, 2.05) is 30.3 Å². The quantitative estimate of drug-likeness (QED) is 0.276. The minimum atomic E-state index is -0.499. The number of carbonyl (C=O) groups is 2. The zero-order chi connectivity index (χ0) is 20.2. The highest BCUT2D eigenvalue weighted by Gasteiger charge is 2.19. The Balaban J connectivity index is 1.52. The molecule has 4 aromatic rings. The summed E-state index contributed by atoms with van der Waals surface area (Å²) in [7, 11) is 1.31. The number of imidazole rings is 1. The smallest absolute Gasteiger partial charge is 0.340 e. The minimum absolute atomic E-state index is 0.115. The van der Waals surface area contributed by atoms with Crippen LogP contribution in [0.4, 0.5) is 5.00 Å². The number of amides is 1. The van der Waals surface area contributed by atoms with Gasteiger partial charge in [0.15, 0.2) is 5.65 Å². The maximum absolute atomic E-state index is 12.5. The number of thiophene rings is 1. The van der Waals surface area contributed by atoms with Gasteiger partial charge in [-0.2, -0.15) is 0 Å². The average molecular weight is 425 g/mol. The lowest BCUT2D eigenvalue weighted by Gasteiger charge is -2.05. The Morgan fingerprint density at radius 1 is 1.21 bits per heavy atom. The monoisotopic (exact) mass is 425 g/mol. The van der Waals surface area contributed by atoms with Gasteiger partial charge in [0.05, 0.1) is 24.8 Å². The lowest BCUT2D eigenvalue weighted by atomic mass is 10.1. The van der Waals surface area contributed by atoms with E-state index in [1.54, 1.807) is 6.07 Å². The summed E-state index contributed by atoms with van der Waals surface area (Å²) in [5.74, 6) is -0.640. The van der Waals surface area contributed by atoms with Crippen molar-refractivity contribution in [3.05, 3.63) is 54.6 Å². The van der Waals surface area contributed by atoms with Crippen LogP contribution in [-0.4, -0.2) is 44.7 Å². The Labute approximate surface area is 173 Å². The van der Waals surface area contributed by atoms with Crippen molar-refractivity contribution in [2.24, 2.45) is 0 Å². The molecule has 0 unspecified atom stereocenters. The van der Waals surface area contributed by atoms with Crippen LogP contribution >= 0.6 is 23.1 Å². The molecule has 0 aliphatic heterocycles. The molecule has 3 aromatic heterocycles. The summed E-state index contributed by atoms with van der Waals surface area (Å²) in [6, 6.07) is 11.4. The van der Waals surface area contributed by atoms with Gasteiger partial charge in [0.2, 0.25) is 5.91 Å². The van der Waals surface area contributed by atoms with Crippen molar-refractivity contribution >= 4 is 51.1 Å². The molecule has 8 nitrogen and oxygen atoms in total. The van der Waals surface area contributed by atoms with Gasteiger partial charge in [0, 0.05) is 4.88 Å². The molecule has 0 spiro atoms. The third kappa shape index (κ3) is 4.13. The Hall–Kier alpha value is -3.24. The SMILES string of the molecule is COC(=O)c1cc(-c2ccccc2)sc1NC(=O)CSc1ncnc2nc[nH]c12. The summed E-state index contributed by atoms with van der Waals surface area (Å²) in [4.78, 5) is 40.8. The largest absolute Gasteiger partial charge is 0.465 e. The predicted octanol–water partition coefficient (Wildman–Crippen LogP) is 3.60. The van der Waals surface area contributed by atoms with Crippen LogP contribution in [0.2, 0.25) is 0 Å². The first-order chi connectivity index (χ1) is 14.2. The summed E-state index contributed by atoms with van der Waals surface area (Å²) >= 11 is 2.59. The normalized spacial score (nSPS) is 10.8. The molecule has 1 aromatic carbocycles. The number of H-pyrrole nitrogens is 1. The molecule has 0 aliphatic rings. The number of aromatic amines is 1. The van der Waals surface area contributed by atoms with Crippen molar-refractivity contribution in [2.75, 3.05) is 18.2 Å². The molecule has 0 radical (unpaired) electrons. The van der Waals surface area contributed by atoms with Gasteiger partial charge in [-0.15, -0.1) is 11.3 Å². The summed E-state index contributed by atoms with van der Waals surface area (Å²) in [5, 5.41) is 3.90. The van der Waals surface area contributed by atoms with Crippen LogP contribution in [0, 0.1) is 0 Å². The van der Waals surface area contributed by atoms with E-state index in [4.69, 9.17) is 4.74 Å². The second kappa shape index (κ2) is 8.41. The topological polar surface area (TPSA) is 110 Å².